The predicted octanol–water partition coefficient (Wildman–Crippen LogP) is 3.71. The Kier molecular flexibility index (Phi) is 6.40. The molecule has 0 radical (unpaired) electrons. The van der Waals surface area contributed by atoms with Gasteiger partial charge >= 0.3 is 5.97 Å². The van der Waals surface area contributed by atoms with Crippen LogP contribution in [0, 0.1) is 25.6 Å². The summed E-state index contributed by atoms with van der Waals surface area (Å²) < 4.78 is 15.9. The topological polar surface area (TPSA) is 91.6 Å². The molecule has 31 heavy (non-hydrogen) atoms. The minimum atomic E-state index is -1.00. The summed E-state index contributed by atoms with van der Waals surface area (Å²) in [4.78, 5) is 23.9. The Hall–Kier alpha value is -3.26. The zero-order chi connectivity index (χ0) is 22.9. The van der Waals surface area contributed by atoms with E-state index in [1.54, 1.807) is 11.5 Å². The van der Waals surface area contributed by atoms with Gasteiger partial charge in [0.05, 0.1) is 17.9 Å². The maximum absolute atomic E-state index is 14.2. The summed E-state index contributed by atoms with van der Waals surface area (Å²) in [5.74, 6) is -3.41. The largest absolute Gasteiger partial charge is 0.505 e. The third kappa shape index (κ3) is 4.59. The molecule has 1 unspecified atom stereocenters. The van der Waals surface area contributed by atoms with Gasteiger partial charge in [0.1, 0.15) is 4.99 Å². The first-order chi connectivity index (χ1) is 14.6. The Morgan fingerprint density at radius 3 is 2.45 bits per heavy atom. The number of halogens is 1. The van der Waals surface area contributed by atoms with E-state index in [4.69, 9.17) is 17.3 Å². The number of benzene rings is 2. The van der Waals surface area contributed by atoms with Crippen molar-refractivity contribution in [3.8, 4) is 5.75 Å². The fourth-order valence-electron chi connectivity index (χ4n) is 3.38. The van der Waals surface area contributed by atoms with Crippen LogP contribution in [0.3, 0.4) is 0 Å². The van der Waals surface area contributed by atoms with Gasteiger partial charge in [0.15, 0.2) is 11.6 Å². The van der Waals surface area contributed by atoms with Crippen LogP contribution in [0.4, 0.5) is 4.39 Å². The lowest BCUT2D eigenvalue weighted by Gasteiger charge is -2.12. The molecule has 0 saturated heterocycles. The average Bonchev–Trinajstić information content (AvgIpc) is 2.97. The molecular weight excluding hydrogens is 419 g/mol. The second-order valence-electron chi connectivity index (χ2n) is 7.61. The quantitative estimate of drug-likeness (QED) is 0.507. The predicted molar refractivity (Wildman–Crippen MR) is 120 cm³/mol. The van der Waals surface area contributed by atoms with E-state index in [-0.39, 0.29) is 18.9 Å². The van der Waals surface area contributed by atoms with E-state index < -0.39 is 23.5 Å². The number of carbonyl (C=O) groups is 2. The Morgan fingerprint density at radius 1 is 1.19 bits per heavy atom. The number of fused-ring (bicyclic) bond motifs is 1. The van der Waals surface area contributed by atoms with Gasteiger partial charge in [-0.15, -0.1) is 0 Å². The number of aliphatic carboxylic acids is 1. The minimum Gasteiger partial charge on any atom is -0.505 e. The summed E-state index contributed by atoms with van der Waals surface area (Å²) in [6.45, 7) is 5.23. The number of nitrogens with one attached hydrogen (secondary N) is 1. The van der Waals surface area contributed by atoms with Crippen molar-refractivity contribution in [1.82, 2.24) is 9.88 Å². The lowest BCUT2D eigenvalue weighted by atomic mass is 10.1. The molecule has 3 rings (SSSR count). The van der Waals surface area contributed by atoms with Crippen LogP contribution in [0.1, 0.15) is 29.3 Å². The first-order valence-corrected chi connectivity index (χ1v) is 10.1. The summed E-state index contributed by atoms with van der Waals surface area (Å²) in [6.07, 6.45) is -0.0662. The van der Waals surface area contributed by atoms with Gasteiger partial charge in [-0.3, -0.25) is 9.59 Å². The SMILES string of the molecule is Cc1ccc(C(=S)n2c(C)c(CC(=O)NCC(C)C(=O)O)c3cc(O)c(F)cc32)cc1. The number of carbonyl (C=O) groups excluding carboxylic acids is 1. The highest BCUT2D eigenvalue weighted by molar-refractivity contribution is 7.80. The number of phenols is 1. The Balaban J connectivity index is 2.04. The third-order valence-corrected chi connectivity index (χ3v) is 5.69. The molecule has 6 nitrogen and oxygen atoms in total. The van der Waals surface area contributed by atoms with Crippen LogP contribution in [0.2, 0.25) is 0 Å². The molecule has 0 bridgehead atoms. The lowest BCUT2D eigenvalue weighted by molar-refractivity contribution is -0.141. The number of aromatic hydroxyl groups is 1. The Bertz CT molecular complexity index is 1180. The first-order valence-electron chi connectivity index (χ1n) is 9.73. The van der Waals surface area contributed by atoms with Crippen molar-refractivity contribution in [2.75, 3.05) is 6.54 Å². The molecule has 3 N–H and O–H groups in total. The van der Waals surface area contributed by atoms with Crippen LogP contribution < -0.4 is 5.32 Å². The third-order valence-electron chi connectivity index (χ3n) is 5.27. The number of amides is 1. The summed E-state index contributed by atoms with van der Waals surface area (Å²) in [5.41, 5.74) is 3.51. The zero-order valence-corrected chi connectivity index (χ0v) is 18.2. The molecule has 0 aliphatic carbocycles. The maximum Gasteiger partial charge on any atom is 0.308 e. The monoisotopic (exact) mass is 442 g/mol. The molecule has 1 aromatic heterocycles. The van der Waals surface area contributed by atoms with Crippen molar-refractivity contribution < 1.29 is 24.2 Å². The number of aryl methyl sites for hydroxylation is 1. The highest BCUT2D eigenvalue weighted by atomic mass is 32.1. The molecule has 0 fully saturated rings. The Morgan fingerprint density at radius 2 is 1.84 bits per heavy atom. The molecule has 0 spiro atoms. The van der Waals surface area contributed by atoms with Gasteiger partial charge < -0.3 is 20.1 Å². The van der Waals surface area contributed by atoms with E-state index in [2.05, 4.69) is 5.32 Å². The molecule has 8 heteroatoms. The summed E-state index contributed by atoms with van der Waals surface area (Å²) >= 11 is 5.67. The summed E-state index contributed by atoms with van der Waals surface area (Å²) in [6, 6.07) is 10.1. The van der Waals surface area contributed by atoms with Gasteiger partial charge in [-0.05, 0) is 25.5 Å². The number of thiocarbonyl (C=S) groups is 1. The number of hydrogen-bond acceptors (Lipinski definition) is 4. The van der Waals surface area contributed by atoms with E-state index in [0.29, 0.717) is 27.1 Å². The fraction of sp³-hybridized carbons (Fsp3) is 0.261. The van der Waals surface area contributed by atoms with Gasteiger partial charge in [-0.25, -0.2) is 4.39 Å². The summed E-state index contributed by atoms with van der Waals surface area (Å²) in [5, 5.41) is 22.0. The van der Waals surface area contributed by atoms with Gasteiger partial charge in [0.25, 0.3) is 0 Å². The van der Waals surface area contributed by atoms with Crippen molar-refractivity contribution in [2.45, 2.75) is 27.2 Å². The average molecular weight is 443 g/mol. The van der Waals surface area contributed by atoms with Crippen LogP contribution in [0.5, 0.6) is 5.75 Å². The van der Waals surface area contributed by atoms with E-state index in [1.165, 1.54) is 19.1 Å². The van der Waals surface area contributed by atoms with Crippen LogP contribution >= 0.6 is 12.2 Å². The van der Waals surface area contributed by atoms with Crippen molar-refractivity contribution in [1.29, 1.82) is 0 Å². The van der Waals surface area contributed by atoms with Gasteiger partial charge in [-0.1, -0.05) is 49.0 Å². The standard InChI is InChI=1S/C23H23FN2O4S/c1-12-4-6-15(7-5-12)22(31)26-14(3)16(9-21(28)25-11-13(2)23(29)30)17-8-20(27)18(24)10-19(17)26/h4-8,10,13,27H,9,11H2,1-3H3,(H,25,28)(H,29,30). The number of rotatable bonds is 6. The smallest absolute Gasteiger partial charge is 0.308 e. The number of nitrogens with zero attached hydrogens (tertiary/aromatic N) is 1. The first kappa shape index (κ1) is 22.4. The van der Waals surface area contributed by atoms with Crippen LogP contribution in [0.25, 0.3) is 10.9 Å². The van der Waals surface area contributed by atoms with Gasteiger partial charge in [0, 0.05) is 29.3 Å². The van der Waals surface area contributed by atoms with Crippen molar-refractivity contribution in [3.05, 3.63) is 64.6 Å². The molecule has 1 atom stereocenters. The maximum atomic E-state index is 14.2. The number of carboxylic acids is 1. The number of hydrogen-bond donors (Lipinski definition) is 3. The van der Waals surface area contributed by atoms with Crippen LogP contribution in [-0.4, -0.2) is 38.2 Å². The normalized spacial score (nSPS) is 12.0. The molecule has 3 aromatic rings. The number of carboxylic acid groups (broad SMARTS) is 1. The van der Waals surface area contributed by atoms with E-state index >= 15 is 0 Å². The van der Waals surface area contributed by atoms with Gasteiger partial charge in [-0.2, -0.15) is 0 Å². The molecule has 162 valence electrons. The highest BCUT2D eigenvalue weighted by Crippen LogP contribution is 2.32. The lowest BCUT2D eigenvalue weighted by Crippen LogP contribution is -2.32. The second kappa shape index (κ2) is 8.85. The highest BCUT2D eigenvalue weighted by Gasteiger charge is 2.22. The molecular formula is C23H23FN2O4S. The van der Waals surface area contributed by atoms with E-state index in [0.717, 1.165) is 11.1 Å². The zero-order valence-electron chi connectivity index (χ0n) is 17.4. The minimum absolute atomic E-state index is 0.00644. The van der Waals surface area contributed by atoms with Crippen LogP contribution in [-0.2, 0) is 16.0 Å². The molecule has 0 aliphatic rings. The molecule has 1 heterocycles. The fourth-order valence-corrected chi connectivity index (χ4v) is 3.75. The molecule has 1 amide bonds. The van der Waals surface area contributed by atoms with Crippen molar-refractivity contribution in [2.24, 2.45) is 5.92 Å². The van der Waals surface area contributed by atoms with Gasteiger partial charge in [0.2, 0.25) is 5.91 Å². The van der Waals surface area contributed by atoms with E-state index in [1.807, 2.05) is 31.2 Å². The number of phenolic OH excluding ortho intramolecular Hbond substituents is 1. The van der Waals surface area contributed by atoms with E-state index in [9.17, 15) is 19.1 Å². The van der Waals surface area contributed by atoms with Crippen molar-refractivity contribution in [3.63, 3.8) is 0 Å². The molecule has 0 saturated carbocycles. The van der Waals surface area contributed by atoms with Crippen molar-refractivity contribution >= 4 is 40.0 Å². The summed E-state index contributed by atoms with van der Waals surface area (Å²) in [7, 11) is 0. The Labute approximate surface area is 184 Å². The number of aromatic nitrogens is 1. The molecule has 0 aliphatic heterocycles. The second-order valence-corrected chi connectivity index (χ2v) is 8.00. The van der Waals surface area contributed by atoms with Crippen LogP contribution in [0.15, 0.2) is 36.4 Å². The molecule has 2 aromatic carbocycles.